The summed E-state index contributed by atoms with van der Waals surface area (Å²) in [6, 6.07) is 6.03. The number of nitrogens with zero attached hydrogens (tertiary/aromatic N) is 2. The molecule has 1 aromatic carbocycles. The molecule has 0 saturated carbocycles. The van der Waals surface area contributed by atoms with E-state index in [9.17, 15) is 18.0 Å². The molecule has 1 heterocycles. The van der Waals surface area contributed by atoms with Crippen LogP contribution in [0.15, 0.2) is 29.2 Å². The minimum absolute atomic E-state index is 0.109. The standard InChI is InChI=1S/C18H26N2O5S/c1-3-20(4-2)26(24,25)16-7-5-15(6-8-16)18(23)19-11-9-14(10-12-19)13-17(21)22/h5-8,14H,3-4,9-13H2,1-2H3,(H,21,22). The van der Waals surface area contributed by atoms with Crippen LogP contribution in [0.4, 0.5) is 0 Å². The Hall–Kier alpha value is -1.93. The lowest BCUT2D eigenvalue weighted by atomic mass is 9.93. The summed E-state index contributed by atoms with van der Waals surface area (Å²) < 4.78 is 26.3. The highest BCUT2D eigenvalue weighted by molar-refractivity contribution is 7.89. The van der Waals surface area contributed by atoms with Gasteiger partial charge in [0.05, 0.1) is 4.90 Å². The van der Waals surface area contributed by atoms with E-state index in [1.807, 2.05) is 0 Å². The van der Waals surface area contributed by atoms with Crippen molar-refractivity contribution >= 4 is 21.9 Å². The Bertz CT molecular complexity index is 733. The Balaban J connectivity index is 2.05. The Kier molecular flexibility index (Phi) is 6.77. The summed E-state index contributed by atoms with van der Waals surface area (Å²) >= 11 is 0. The van der Waals surface area contributed by atoms with E-state index in [1.54, 1.807) is 30.9 Å². The second kappa shape index (κ2) is 8.64. The highest BCUT2D eigenvalue weighted by atomic mass is 32.2. The first-order valence-corrected chi connectivity index (χ1v) is 10.3. The number of rotatable bonds is 7. The zero-order valence-corrected chi connectivity index (χ0v) is 16.0. The smallest absolute Gasteiger partial charge is 0.303 e. The molecule has 0 unspecified atom stereocenters. The van der Waals surface area contributed by atoms with Crippen LogP contribution >= 0.6 is 0 Å². The van der Waals surface area contributed by atoms with E-state index in [0.29, 0.717) is 44.6 Å². The fraction of sp³-hybridized carbons (Fsp3) is 0.556. The van der Waals surface area contributed by atoms with Crippen molar-refractivity contribution in [2.75, 3.05) is 26.2 Å². The van der Waals surface area contributed by atoms with Gasteiger partial charge in [0.15, 0.2) is 0 Å². The van der Waals surface area contributed by atoms with Gasteiger partial charge in [0.1, 0.15) is 0 Å². The molecule has 0 aromatic heterocycles. The van der Waals surface area contributed by atoms with Crippen molar-refractivity contribution in [2.24, 2.45) is 5.92 Å². The summed E-state index contributed by atoms with van der Waals surface area (Å²) in [5.41, 5.74) is 0.445. The van der Waals surface area contributed by atoms with Crippen LogP contribution in [0, 0.1) is 5.92 Å². The van der Waals surface area contributed by atoms with E-state index in [2.05, 4.69) is 0 Å². The van der Waals surface area contributed by atoms with Crippen molar-refractivity contribution in [3.05, 3.63) is 29.8 Å². The zero-order chi connectivity index (χ0) is 19.3. The summed E-state index contributed by atoms with van der Waals surface area (Å²) in [5.74, 6) is -0.844. The van der Waals surface area contributed by atoms with Gasteiger partial charge in [0.25, 0.3) is 5.91 Å². The van der Waals surface area contributed by atoms with Gasteiger partial charge >= 0.3 is 5.97 Å². The third-order valence-electron chi connectivity index (χ3n) is 4.81. The average molecular weight is 382 g/mol. The molecule has 0 aliphatic carbocycles. The van der Waals surface area contributed by atoms with Gasteiger partial charge in [0, 0.05) is 38.2 Å². The molecule has 26 heavy (non-hydrogen) atoms. The van der Waals surface area contributed by atoms with Gasteiger partial charge in [-0.15, -0.1) is 0 Å². The third kappa shape index (κ3) is 4.62. The molecule has 0 spiro atoms. The molecule has 0 bridgehead atoms. The zero-order valence-electron chi connectivity index (χ0n) is 15.2. The lowest BCUT2D eigenvalue weighted by molar-refractivity contribution is -0.138. The topological polar surface area (TPSA) is 95.0 Å². The minimum Gasteiger partial charge on any atom is -0.481 e. The molecular formula is C18H26N2O5S. The molecule has 1 saturated heterocycles. The second-order valence-electron chi connectivity index (χ2n) is 6.45. The van der Waals surface area contributed by atoms with E-state index in [0.717, 1.165) is 0 Å². The predicted molar refractivity (Wildman–Crippen MR) is 97.4 cm³/mol. The molecule has 2 rings (SSSR count). The number of carboxylic acids is 1. The molecule has 7 nitrogen and oxygen atoms in total. The third-order valence-corrected chi connectivity index (χ3v) is 6.87. The average Bonchev–Trinajstić information content (AvgIpc) is 2.62. The van der Waals surface area contributed by atoms with Crippen LogP contribution in [0.5, 0.6) is 0 Å². The SMILES string of the molecule is CCN(CC)S(=O)(=O)c1ccc(C(=O)N2CCC(CC(=O)O)CC2)cc1. The van der Waals surface area contributed by atoms with Gasteiger partial charge in [0.2, 0.25) is 10.0 Å². The van der Waals surface area contributed by atoms with Crippen LogP contribution in [-0.4, -0.2) is 60.8 Å². The Morgan fingerprint density at radius 1 is 1.12 bits per heavy atom. The van der Waals surface area contributed by atoms with Crippen molar-refractivity contribution in [1.82, 2.24) is 9.21 Å². The van der Waals surface area contributed by atoms with Crippen molar-refractivity contribution in [3.8, 4) is 0 Å². The summed E-state index contributed by atoms with van der Waals surface area (Å²) in [4.78, 5) is 25.2. The van der Waals surface area contributed by atoms with Crippen molar-refractivity contribution in [1.29, 1.82) is 0 Å². The van der Waals surface area contributed by atoms with Crippen LogP contribution < -0.4 is 0 Å². The van der Waals surface area contributed by atoms with Gasteiger partial charge in [-0.1, -0.05) is 13.8 Å². The summed E-state index contributed by atoms with van der Waals surface area (Å²) in [5, 5.41) is 8.85. The van der Waals surface area contributed by atoms with Gasteiger partial charge in [-0.25, -0.2) is 8.42 Å². The molecule has 0 radical (unpaired) electrons. The summed E-state index contributed by atoms with van der Waals surface area (Å²) in [7, 11) is -3.53. The summed E-state index contributed by atoms with van der Waals surface area (Å²) in [6.45, 7) is 5.40. The number of likely N-dealkylation sites (tertiary alicyclic amines) is 1. The monoisotopic (exact) mass is 382 g/mol. The fourth-order valence-electron chi connectivity index (χ4n) is 3.25. The molecule has 8 heteroatoms. The molecule has 1 N–H and O–H groups in total. The normalized spacial score (nSPS) is 16.0. The number of piperidine rings is 1. The number of amides is 1. The molecule has 144 valence electrons. The Morgan fingerprint density at radius 3 is 2.12 bits per heavy atom. The lowest BCUT2D eigenvalue weighted by Crippen LogP contribution is -2.39. The molecule has 1 amide bonds. The predicted octanol–water partition coefficient (Wildman–Crippen LogP) is 2.04. The van der Waals surface area contributed by atoms with E-state index < -0.39 is 16.0 Å². The number of benzene rings is 1. The molecule has 1 aliphatic heterocycles. The van der Waals surface area contributed by atoms with E-state index in [1.165, 1.54) is 16.4 Å². The first-order chi connectivity index (χ1) is 12.3. The van der Waals surface area contributed by atoms with Crippen molar-refractivity contribution < 1.29 is 23.1 Å². The van der Waals surface area contributed by atoms with Gasteiger partial charge in [-0.2, -0.15) is 4.31 Å². The van der Waals surface area contributed by atoms with Crippen LogP contribution in [-0.2, 0) is 14.8 Å². The molecule has 1 aliphatic rings. The quantitative estimate of drug-likeness (QED) is 0.779. The first-order valence-electron chi connectivity index (χ1n) is 8.90. The Morgan fingerprint density at radius 2 is 1.65 bits per heavy atom. The molecule has 0 atom stereocenters. The maximum Gasteiger partial charge on any atom is 0.303 e. The number of carboxylic acid groups (broad SMARTS) is 1. The maximum absolute atomic E-state index is 12.6. The van der Waals surface area contributed by atoms with Gasteiger partial charge in [-0.3, -0.25) is 9.59 Å². The number of sulfonamides is 1. The van der Waals surface area contributed by atoms with Gasteiger partial charge in [-0.05, 0) is 43.0 Å². The molecular weight excluding hydrogens is 356 g/mol. The second-order valence-corrected chi connectivity index (χ2v) is 8.39. The van der Waals surface area contributed by atoms with E-state index in [4.69, 9.17) is 5.11 Å². The van der Waals surface area contributed by atoms with Crippen molar-refractivity contribution in [2.45, 2.75) is 38.0 Å². The van der Waals surface area contributed by atoms with Crippen molar-refractivity contribution in [3.63, 3.8) is 0 Å². The highest BCUT2D eigenvalue weighted by Gasteiger charge is 2.26. The molecule has 1 aromatic rings. The van der Waals surface area contributed by atoms with Crippen LogP contribution in [0.2, 0.25) is 0 Å². The molecule has 1 fully saturated rings. The fourth-order valence-corrected chi connectivity index (χ4v) is 4.71. The van der Waals surface area contributed by atoms with Gasteiger partial charge < -0.3 is 10.0 Å². The Labute approximate surface area is 154 Å². The highest BCUT2D eigenvalue weighted by Crippen LogP contribution is 2.23. The summed E-state index contributed by atoms with van der Waals surface area (Å²) in [6.07, 6.45) is 1.48. The minimum atomic E-state index is -3.53. The van der Waals surface area contributed by atoms with E-state index >= 15 is 0 Å². The lowest BCUT2D eigenvalue weighted by Gasteiger charge is -2.31. The number of hydrogen-bond acceptors (Lipinski definition) is 4. The van der Waals surface area contributed by atoms with E-state index in [-0.39, 0.29) is 23.1 Å². The first kappa shape index (κ1) is 20.4. The number of aliphatic carboxylic acids is 1. The maximum atomic E-state index is 12.6. The largest absolute Gasteiger partial charge is 0.481 e. The van der Waals surface area contributed by atoms with Crippen LogP contribution in [0.25, 0.3) is 0 Å². The number of carbonyl (C=O) groups is 2. The van der Waals surface area contributed by atoms with Crippen LogP contribution in [0.1, 0.15) is 43.5 Å². The number of carbonyl (C=O) groups excluding carboxylic acids is 1. The van der Waals surface area contributed by atoms with Crippen LogP contribution in [0.3, 0.4) is 0 Å². The number of hydrogen-bond donors (Lipinski definition) is 1.